The van der Waals surface area contributed by atoms with Crippen LogP contribution in [0.4, 0.5) is 0 Å². The van der Waals surface area contributed by atoms with Crippen molar-refractivity contribution in [1.29, 1.82) is 0 Å². The van der Waals surface area contributed by atoms with Gasteiger partial charge >= 0.3 is 0 Å². The van der Waals surface area contributed by atoms with E-state index in [0.29, 0.717) is 31.3 Å². The molecule has 1 fully saturated rings. The third kappa shape index (κ3) is 3.63. The van der Waals surface area contributed by atoms with Gasteiger partial charge in [-0.25, -0.2) is 13.4 Å². The molecule has 1 aliphatic rings. The van der Waals surface area contributed by atoms with Crippen molar-refractivity contribution in [2.24, 2.45) is 0 Å². The Morgan fingerprint density at radius 3 is 2.68 bits per heavy atom. The third-order valence-corrected chi connectivity index (χ3v) is 6.84. The molecule has 1 unspecified atom stereocenters. The molecule has 7 nitrogen and oxygen atoms in total. The number of nitrogens with zero attached hydrogens (tertiary/aromatic N) is 2. The van der Waals surface area contributed by atoms with Crippen LogP contribution in [0.5, 0.6) is 5.75 Å². The first-order chi connectivity index (χ1) is 13.6. The quantitative estimate of drug-likeness (QED) is 0.615. The molecule has 1 saturated heterocycles. The van der Waals surface area contributed by atoms with Gasteiger partial charge in [-0.1, -0.05) is 12.1 Å². The number of para-hydroxylation sites is 2. The monoisotopic (exact) mass is 401 g/mol. The molecule has 0 radical (unpaired) electrons. The molecule has 0 bridgehead atoms. The maximum Gasteiger partial charge on any atom is 0.243 e. The van der Waals surface area contributed by atoms with Crippen molar-refractivity contribution in [3.8, 4) is 5.75 Å². The van der Waals surface area contributed by atoms with Crippen molar-refractivity contribution in [2.45, 2.75) is 23.8 Å². The second kappa shape index (κ2) is 7.90. The molecule has 1 aliphatic heterocycles. The van der Waals surface area contributed by atoms with Gasteiger partial charge in [-0.05, 0) is 49.2 Å². The van der Waals surface area contributed by atoms with E-state index < -0.39 is 10.0 Å². The topological polar surface area (TPSA) is 84.5 Å². The molecule has 1 atom stereocenters. The second-order valence-corrected chi connectivity index (χ2v) is 8.62. The molecule has 28 heavy (non-hydrogen) atoms. The fourth-order valence-electron chi connectivity index (χ4n) is 3.52. The predicted octanol–water partition coefficient (Wildman–Crippen LogP) is 3.11. The summed E-state index contributed by atoms with van der Waals surface area (Å²) in [5.74, 6) is 1.31. The van der Waals surface area contributed by atoms with Crippen molar-refractivity contribution < 1.29 is 17.9 Å². The van der Waals surface area contributed by atoms with Gasteiger partial charge in [0.1, 0.15) is 18.2 Å². The second-order valence-electron chi connectivity index (χ2n) is 6.73. The maximum atomic E-state index is 13.2. The van der Waals surface area contributed by atoms with Crippen LogP contribution in [-0.4, -0.2) is 49.6 Å². The number of methoxy groups -OCH3 is 1. The van der Waals surface area contributed by atoms with Crippen LogP contribution in [0.25, 0.3) is 11.0 Å². The lowest BCUT2D eigenvalue weighted by Gasteiger charge is -2.22. The number of hydrogen-bond donors (Lipinski definition) is 1. The molecular weight excluding hydrogens is 378 g/mol. The molecule has 0 saturated carbocycles. The number of sulfonamides is 1. The van der Waals surface area contributed by atoms with E-state index in [1.54, 1.807) is 35.7 Å². The minimum absolute atomic E-state index is 0.259. The van der Waals surface area contributed by atoms with Gasteiger partial charge in [0, 0.05) is 13.7 Å². The minimum atomic E-state index is -3.62. The largest absolute Gasteiger partial charge is 0.491 e. The summed E-state index contributed by atoms with van der Waals surface area (Å²) in [7, 11) is -2.02. The average Bonchev–Trinajstić information content (AvgIpc) is 3.35. The highest BCUT2D eigenvalue weighted by molar-refractivity contribution is 7.89. The average molecular weight is 401 g/mol. The summed E-state index contributed by atoms with van der Waals surface area (Å²) in [6, 6.07) is 14.0. The van der Waals surface area contributed by atoms with E-state index in [2.05, 4.69) is 9.97 Å². The smallest absolute Gasteiger partial charge is 0.243 e. The highest BCUT2D eigenvalue weighted by atomic mass is 32.2. The molecule has 0 spiro atoms. The van der Waals surface area contributed by atoms with Crippen LogP contribution in [0.15, 0.2) is 53.4 Å². The van der Waals surface area contributed by atoms with E-state index in [1.807, 2.05) is 24.3 Å². The number of H-pyrrole nitrogens is 1. The van der Waals surface area contributed by atoms with E-state index in [0.717, 1.165) is 23.9 Å². The van der Waals surface area contributed by atoms with Gasteiger partial charge in [-0.2, -0.15) is 4.31 Å². The zero-order chi connectivity index (χ0) is 19.6. The van der Waals surface area contributed by atoms with Crippen LogP contribution >= 0.6 is 0 Å². The number of rotatable bonds is 7. The van der Waals surface area contributed by atoms with Crippen molar-refractivity contribution >= 4 is 21.1 Å². The summed E-state index contributed by atoms with van der Waals surface area (Å²) in [5.41, 5.74) is 1.76. The van der Waals surface area contributed by atoms with Crippen LogP contribution in [-0.2, 0) is 14.8 Å². The summed E-state index contributed by atoms with van der Waals surface area (Å²) in [4.78, 5) is 8.15. The van der Waals surface area contributed by atoms with Gasteiger partial charge in [-0.3, -0.25) is 0 Å². The zero-order valence-corrected chi connectivity index (χ0v) is 16.5. The SMILES string of the molecule is COCCOc1ccc(S(=O)(=O)N2CCCC2c2nc3ccccc3[nH]2)cc1. The lowest BCUT2D eigenvalue weighted by molar-refractivity contribution is 0.146. The number of nitrogens with one attached hydrogen (secondary N) is 1. The third-order valence-electron chi connectivity index (χ3n) is 4.91. The van der Waals surface area contributed by atoms with Gasteiger partial charge in [0.15, 0.2) is 0 Å². The molecule has 1 aromatic heterocycles. The minimum Gasteiger partial charge on any atom is -0.491 e. The number of ether oxygens (including phenoxy) is 2. The number of aromatic nitrogens is 2. The number of fused-ring (bicyclic) bond motifs is 1. The van der Waals surface area contributed by atoms with Gasteiger partial charge in [-0.15, -0.1) is 0 Å². The molecule has 8 heteroatoms. The summed E-state index contributed by atoms with van der Waals surface area (Å²) >= 11 is 0. The molecular formula is C20H23N3O4S. The Balaban J connectivity index is 1.57. The Bertz CT molecular complexity index is 1010. The summed E-state index contributed by atoms with van der Waals surface area (Å²) in [6.45, 7) is 1.38. The van der Waals surface area contributed by atoms with Crippen LogP contribution in [0.3, 0.4) is 0 Å². The normalized spacial score (nSPS) is 18.0. The van der Waals surface area contributed by atoms with E-state index >= 15 is 0 Å². The highest BCUT2D eigenvalue weighted by Crippen LogP contribution is 2.36. The fourth-order valence-corrected chi connectivity index (χ4v) is 5.18. The number of aromatic amines is 1. The van der Waals surface area contributed by atoms with E-state index in [4.69, 9.17) is 9.47 Å². The predicted molar refractivity (Wildman–Crippen MR) is 106 cm³/mol. The van der Waals surface area contributed by atoms with Crippen LogP contribution in [0.1, 0.15) is 24.7 Å². The van der Waals surface area contributed by atoms with Gasteiger partial charge in [0.05, 0.1) is 28.6 Å². The molecule has 1 N–H and O–H groups in total. The lowest BCUT2D eigenvalue weighted by atomic mass is 10.2. The molecule has 3 aromatic rings. The Labute approximate surface area is 164 Å². The first-order valence-corrected chi connectivity index (χ1v) is 10.7. The molecule has 4 rings (SSSR count). The van der Waals surface area contributed by atoms with E-state index in [1.165, 1.54) is 0 Å². The van der Waals surface area contributed by atoms with Crippen molar-refractivity contribution in [2.75, 3.05) is 26.9 Å². The van der Waals surface area contributed by atoms with Crippen LogP contribution in [0, 0.1) is 0 Å². The van der Waals surface area contributed by atoms with E-state index in [9.17, 15) is 8.42 Å². The number of benzene rings is 2. The first kappa shape index (κ1) is 18.9. The van der Waals surface area contributed by atoms with Crippen LogP contribution in [0.2, 0.25) is 0 Å². The van der Waals surface area contributed by atoms with Gasteiger partial charge in [0.25, 0.3) is 0 Å². The number of hydrogen-bond acceptors (Lipinski definition) is 5. The molecule has 2 heterocycles. The zero-order valence-electron chi connectivity index (χ0n) is 15.7. The number of imidazole rings is 1. The molecule has 2 aromatic carbocycles. The Morgan fingerprint density at radius 1 is 1.14 bits per heavy atom. The first-order valence-electron chi connectivity index (χ1n) is 9.28. The van der Waals surface area contributed by atoms with Crippen LogP contribution < -0.4 is 4.74 Å². The van der Waals surface area contributed by atoms with Gasteiger partial charge < -0.3 is 14.5 Å². The maximum absolute atomic E-state index is 13.2. The van der Waals surface area contributed by atoms with Gasteiger partial charge in [0.2, 0.25) is 10.0 Å². The summed E-state index contributed by atoms with van der Waals surface area (Å²) < 4.78 is 38.5. The Kier molecular flexibility index (Phi) is 5.34. The molecule has 0 amide bonds. The Hall–Kier alpha value is -2.42. The van der Waals surface area contributed by atoms with Crippen molar-refractivity contribution in [3.05, 3.63) is 54.4 Å². The van der Waals surface area contributed by atoms with Crippen molar-refractivity contribution in [1.82, 2.24) is 14.3 Å². The molecule has 0 aliphatic carbocycles. The highest BCUT2D eigenvalue weighted by Gasteiger charge is 2.37. The van der Waals surface area contributed by atoms with E-state index in [-0.39, 0.29) is 10.9 Å². The Morgan fingerprint density at radius 2 is 1.93 bits per heavy atom. The lowest BCUT2D eigenvalue weighted by Crippen LogP contribution is -2.31. The summed E-state index contributed by atoms with van der Waals surface area (Å²) in [5, 5.41) is 0. The standard InChI is InChI=1S/C20H23N3O4S/c1-26-13-14-27-15-8-10-16(11-9-15)28(24,25)23-12-4-7-19(23)20-21-17-5-2-3-6-18(17)22-20/h2-3,5-6,8-11,19H,4,7,12-14H2,1H3,(H,21,22). The fraction of sp³-hybridized carbons (Fsp3) is 0.350. The summed E-state index contributed by atoms with van der Waals surface area (Å²) in [6.07, 6.45) is 1.55. The molecule has 148 valence electrons. The van der Waals surface area contributed by atoms with Crippen molar-refractivity contribution in [3.63, 3.8) is 0 Å².